The molecule has 26 heavy (non-hydrogen) atoms. The van der Waals surface area contributed by atoms with Crippen LogP contribution in [-0.4, -0.2) is 75.8 Å². The van der Waals surface area contributed by atoms with Crippen molar-refractivity contribution in [3.63, 3.8) is 0 Å². The molecule has 1 aliphatic rings. The minimum Gasteiger partial charge on any atom is -0.450 e. The molecule has 1 aromatic rings. The van der Waals surface area contributed by atoms with Crippen molar-refractivity contribution >= 4 is 22.0 Å². The number of hydrogen-bond donors (Lipinski definition) is 1. The largest absolute Gasteiger partial charge is 0.450 e. The van der Waals surface area contributed by atoms with E-state index in [0.29, 0.717) is 51.3 Å². The number of piperazine rings is 1. The summed E-state index contributed by atoms with van der Waals surface area (Å²) in [5.74, 6) is -0.0747. The van der Waals surface area contributed by atoms with Gasteiger partial charge in [0.1, 0.15) is 0 Å². The number of benzene rings is 1. The molecule has 1 heterocycles. The van der Waals surface area contributed by atoms with Gasteiger partial charge in [0.2, 0.25) is 10.0 Å². The number of ether oxygens (including phenoxy) is 1. The van der Waals surface area contributed by atoms with E-state index in [4.69, 9.17) is 4.74 Å². The number of carbonyl (C=O) groups is 2. The molecule has 0 spiro atoms. The fraction of sp³-hybridized carbons (Fsp3) is 0.529. The Hall–Kier alpha value is -2.13. The van der Waals surface area contributed by atoms with Crippen molar-refractivity contribution < 1.29 is 22.7 Å². The van der Waals surface area contributed by atoms with Crippen LogP contribution in [0, 0.1) is 0 Å². The van der Waals surface area contributed by atoms with Crippen LogP contribution >= 0.6 is 0 Å². The van der Waals surface area contributed by atoms with Gasteiger partial charge in [0, 0.05) is 38.3 Å². The molecule has 1 fully saturated rings. The van der Waals surface area contributed by atoms with Crippen LogP contribution in [0.5, 0.6) is 0 Å². The summed E-state index contributed by atoms with van der Waals surface area (Å²) >= 11 is 0. The monoisotopic (exact) mass is 383 g/mol. The second kappa shape index (κ2) is 9.00. The Morgan fingerprint density at radius 2 is 1.65 bits per heavy atom. The molecule has 0 saturated carbocycles. The molecule has 1 N–H and O–H groups in total. The molecule has 0 radical (unpaired) electrons. The summed E-state index contributed by atoms with van der Waals surface area (Å²) in [7, 11) is -3.19. The predicted octanol–water partition coefficient (Wildman–Crippen LogP) is 0.693. The van der Waals surface area contributed by atoms with E-state index in [1.54, 1.807) is 28.9 Å². The first kappa shape index (κ1) is 20.2. The maximum atomic E-state index is 12.6. The van der Waals surface area contributed by atoms with Gasteiger partial charge in [-0.3, -0.25) is 4.79 Å². The van der Waals surface area contributed by atoms with Gasteiger partial charge < -0.3 is 14.5 Å². The molecular formula is C17H25N3O5S. The van der Waals surface area contributed by atoms with Crippen molar-refractivity contribution in [3.05, 3.63) is 35.4 Å². The zero-order chi connectivity index (χ0) is 19.2. The minimum atomic E-state index is -3.19. The van der Waals surface area contributed by atoms with Crippen LogP contribution in [-0.2, 0) is 21.2 Å². The molecule has 8 nitrogen and oxygen atoms in total. The number of nitrogens with zero attached hydrogens (tertiary/aromatic N) is 2. The van der Waals surface area contributed by atoms with Gasteiger partial charge in [-0.05, 0) is 31.0 Å². The van der Waals surface area contributed by atoms with E-state index in [9.17, 15) is 18.0 Å². The first-order chi connectivity index (χ1) is 12.3. The Morgan fingerprint density at radius 3 is 2.19 bits per heavy atom. The van der Waals surface area contributed by atoms with Gasteiger partial charge in [-0.2, -0.15) is 0 Å². The molecular weight excluding hydrogens is 358 g/mol. The van der Waals surface area contributed by atoms with E-state index in [-0.39, 0.29) is 12.0 Å². The normalized spacial score (nSPS) is 15.0. The van der Waals surface area contributed by atoms with Crippen LogP contribution in [0.15, 0.2) is 24.3 Å². The first-order valence-corrected chi connectivity index (χ1v) is 10.4. The van der Waals surface area contributed by atoms with Crippen LogP contribution in [0.1, 0.15) is 22.8 Å². The second-order valence-corrected chi connectivity index (χ2v) is 7.92. The molecule has 0 atom stereocenters. The lowest BCUT2D eigenvalue weighted by atomic mass is 10.1. The van der Waals surface area contributed by atoms with Crippen molar-refractivity contribution in [1.29, 1.82) is 0 Å². The molecule has 9 heteroatoms. The van der Waals surface area contributed by atoms with Gasteiger partial charge >= 0.3 is 6.09 Å². The van der Waals surface area contributed by atoms with Crippen LogP contribution in [0.3, 0.4) is 0 Å². The average molecular weight is 383 g/mol. The molecule has 2 rings (SSSR count). The predicted molar refractivity (Wildman–Crippen MR) is 97.5 cm³/mol. The Kier molecular flexibility index (Phi) is 6.98. The van der Waals surface area contributed by atoms with Crippen molar-refractivity contribution in [3.8, 4) is 0 Å². The third-order valence-electron chi connectivity index (χ3n) is 4.07. The quantitative estimate of drug-likeness (QED) is 0.780. The third kappa shape index (κ3) is 5.99. The Balaban J connectivity index is 1.85. The Labute approximate surface area is 154 Å². The summed E-state index contributed by atoms with van der Waals surface area (Å²) in [5.41, 5.74) is 1.53. The van der Waals surface area contributed by atoms with Crippen LogP contribution in [0.4, 0.5) is 4.79 Å². The highest BCUT2D eigenvalue weighted by atomic mass is 32.2. The summed E-state index contributed by atoms with van der Waals surface area (Å²) < 4.78 is 29.5. The van der Waals surface area contributed by atoms with Gasteiger partial charge in [-0.15, -0.1) is 0 Å². The summed E-state index contributed by atoms with van der Waals surface area (Å²) in [4.78, 5) is 27.6. The number of rotatable bonds is 6. The van der Waals surface area contributed by atoms with E-state index < -0.39 is 10.0 Å². The molecule has 0 aromatic heterocycles. The lowest BCUT2D eigenvalue weighted by Crippen LogP contribution is -2.50. The maximum Gasteiger partial charge on any atom is 0.409 e. The van der Waals surface area contributed by atoms with Crippen LogP contribution < -0.4 is 4.72 Å². The molecule has 144 valence electrons. The average Bonchev–Trinajstić information content (AvgIpc) is 2.61. The summed E-state index contributed by atoms with van der Waals surface area (Å²) in [5, 5.41) is 0. The molecule has 1 saturated heterocycles. The first-order valence-electron chi connectivity index (χ1n) is 8.54. The van der Waals surface area contributed by atoms with Crippen LogP contribution in [0.25, 0.3) is 0 Å². The lowest BCUT2D eigenvalue weighted by molar-refractivity contribution is 0.0570. The van der Waals surface area contributed by atoms with E-state index >= 15 is 0 Å². The van der Waals surface area contributed by atoms with Gasteiger partial charge in [0.15, 0.2) is 0 Å². The highest BCUT2D eigenvalue weighted by Gasteiger charge is 2.25. The maximum absolute atomic E-state index is 12.6. The van der Waals surface area contributed by atoms with Gasteiger partial charge in [-0.25, -0.2) is 17.9 Å². The smallest absolute Gasteiger partial charge is 0.409 e. The standard InChI is InChI=1S/C17H25N3O5S/c1-3-25-17(22)20-12-10-19(11-13-20)16(21)15-6-4-14(5-7-15)8-9-18-26(2,23)24/h4-7,18H,3,8-13H2,1-2H3. The SMILES string of the molecule is CCOC(=O)N1CCN(C(=O)c2ccc(CCNS(C)(=O)=O)cc2)CC1. The number of amides is 2. The fourth-order valence-electron chi connectivity index (χ4n) is 2.68. The van der Waals surface area contributed by atoms with Crippen LogP contribution in [0.2, 0.25) is 0 Å². The highest BCUT2D eigenvalue weighted by molar-refractivity contribution is 7.88. The van der Waals surface area contributed by atoms with Crippen molar-refractivity contribution in [1.82, 2.24) is 14.5 Å². The van der Waals surface area contributed by atoms with Crippen molar-refractivity contribution in [2.75, 3.05) is 45.6 Å². The van der Waals surface area contributed by atoms with Crippen molar-refractivity contribution in [2.45, 2.75) is 13.3 Å². The van der Waals surface area contributed by atoms with Gasteiger partial charge in [-0.1, -0.05) is 12.1 Å². The van der Waals surface area contributed by atoms with E-state index in [2.05, 4.69) is 4.72 Å². The topological polar surface area (TPSA) is 96.0 Å². The molecule has 2 amide bonds. The zero-order valence-electron chi connectivity index (χ0n) is 15.1. The van der Waals surface area contributed by atoms with E-state index in [1.807, 2.05) is 12.1 Å². The highest BCUT2D eigenvalue weighted by Crippen LogP contribution is 2.11. The number of sulfonamides is 1. The molecule has 0 aliphatic carbocycles. The summed E-state index contributed by atoms with van der Waals surface area (Å²) in [6.45, 7) is 4.28. The minimum absolute atomic E-state index is 0.0747. The van der Waals surface area contributed by atoms with Crippen molar-refractivity contribution in [2.24, 2.45) is 0 Å². The van der Waals surface area contributed by atoms with Gasteiger partial charge in [0.25, 0.3) is 5.91 Å². The molecule has 1 aliphatic heterocycles. The molecule has 1 aromatic carbocycles. The summed E-state index contributed by atoms with van der Waals surface area (Å²) in [6, 6.07) is 7.14. The number of hydrogen-bond acceptors (Lipinski definition) is 5. The Morgan fingerprint density at radius 1 is 1.08 bits per heavy atom. The summed E-state index contributed by atoms with van der Waals surface area (Å²) in [6.07, 6.45) is 1.34. The lowest BCUT2D eigenvalue weighted by Gasteiger charge is -2.34. The zero-order valence-corrected chi connectivity index (χ0v) is 15.9. The van der Waals surface area contributed by atoms with E-state index in [1.165, 1.54) is 0 Å². The number of carbonyl (C=O) groups excluding carboxylic acids is 2. The molecule has 0 unspecified atom stereocenters. The third-order valence-corrected chi connectivity index (χ3v) is 4.80. The Bertz CT molecular complexity index is 725. The number of nitrogens with one attached hydrogen (secondary N) is 1. The van der Waals surface area contributed by atoms with Gasteiger partial charge in [0.05, 0.1) is 12.9 Å². The molecule has 0 bridgehead atoms. The fourth-order valence-corrected chi connectivity index (χ4v) is 3.16. The second-order valence-electron chi connectivity index (χ2n) is 6.09. The van der Waals surface area contributed by atoms with E-state index in [0.717, 1.165) is 11.8 Å².